The molecule has 0 aromatic carbocycles. The molecule has 2 rings (SSSR count). The van der Waals surface area contributed by atoms with E-state index >= 15 is 0 Å². The number of aryl methyl sites for hydroxylation is 3. The van der Waals surface area contributed by atoms with E-state index in [0.717, 1.165) is 16.5 Å². The number of nitrogens with zero attached hydrogens (tertiary/aromatic N) is 2. The zero-order chi connectivity index (χ0) is 13.1. The van der Waals surface area contributed by atoms with Crippen molar-refractivity contribution in [2.75, 3.05) is 11.1 Å². The van der Waals surface area contributed by atoms with Gasteiger partial charge >= 0.3 is 0 Å². The van der Waals surface area contributed by atoms with Crippen molar-refractivity contribution in [1.29, 1.82) is 0 Å². The highest BCUT2D eigenvalue weighted by Crippen LogP contribution is 2.16. The molecule has 0 spiro atoms. The molecular formula is C11H14N4O2S. The Morgan fingerprint density at radius 2 is 2.28 bits per heavy atom. The molecule has 2 aromatic rings. The molecule has 0 bridgehead atoms. The monoisotopic (exact) mass is 266 g/mol. The second-order valence-corrected chi connectivity index (χ2v) is 4.88. The molecular weight excluding hydrogens is 252 g/mol. The maximum absolute atomic E-state index is 11.6. The van der Waals surface area contributed by atoms with Crippen molar-refractivity contribution in [3.8, 4) is 0 Å². The molecule has 96 valence electrons. The number of thioether (sulfide) groups is 1. The number of rotatable bonds is 4. The number of carbonyl (C=O) groups excluding carboxylic acids is 1. The molecule has 2 heterocycles. The summed E-state index contributed by atoms with van der Waals surface area (Å²) in [4.78, 5) is 19.0. The molecule has 0 aliphatic carbocycles. The fourth-order valence-electron chi connectivity index (χ4n) is 1.32. The first kappa shape index (κ1) is 12.7. The van der Waals surface area contributed by atoms with Gasteiger partial charge in [-0.2, -0.15) is 0 Å². The molecule has 0 saturated carbocycles. The van der Waals surface area contributed by atoms with E-state index in [9.17, 15) is 4.79 Å². The lowest BCUT2D eigenvalue weighted by Gasteiger charge is -1.98. The van der Waals surface area contributed by atoms with Gasteiger partial charge in [0.05, 0.1) is 11.4 Å². The van der Waals surface area contributed by atoms with Gasteiger partial charge in [-0.1, -0.05) is 16.9 Å². The molecule has 7 heteroatoms. The molecule has 0 atom stereocenters. The largest absolute Gasteiger partial charge is 0.360 e. The lowest BCUT2D eigenvalue weighted by atomic mass is 10.4. The van der Waals surface area contributed by atoms with Gasteiger partial charge in [-0.15, -0.1) is 0 Å². The van der Waals surface area contributed by atoms with Crippen LogP contribution in [0.25, 0.3) is 0 Å². The Hall–Kier alpha value is -1.76. The number of aromatic amines is 1. The van der Waals surface area contributed by atoms with Crippen molar-refractivity contribution in [2.24, 2.45) is 0 Å². The van der Waals surface area contributed by atoms with E-state index in [1.807, 2.05) is 13.8 Å². The third kappa shape index (κ3) is 3.13. The zero-order valence-corrected chi connectivity index (χ0v) is 11.2. The Morgan fingerprint density at radius 3 is 2.83 bits per heavy atom. The number of H-pyrrole nitrogens is 1. The summed E-state index contributed by atoms with van der Waals surface area (Å²) < 4.78 is 4.86. The smallest absolute Gasteiger partial charge is 0.236 e. The van der Waals surface area contributed by atoms with Crippen LogP contribution in [0.15, 0.2) is 15.7 Å². The number of nitrogens with one attached hydrogen (secondary N) is 2. The molecule has 1 amide bonds. The van der Waals surface area contributed by atoms with Gasteiger partial charge in [-0.05, 0) is 20.8 Å². The summed E-state index contributed by atoms with van der Waals surface area (Å²) in [6.07, 6.45) is 0. The fourth-order valence-corrected chi connectivity index (χ4v) is 2.09. The van der Waals surface area contributed by atoms with E-state index in [0.29, 0.717) is 11.6 Å². The van der Waals surface area contributed by atoms with E-state index in [1.54, 1.807) is 13.0 Å². The Kier molecular flexibility index (Phi) is 3.71. The SMILES string of the molecule is Cc1cc(NC(=O)CSc2nc(C)c(C)[nH]2)no1. The average Bonchev–Trinajstić information content (AvgIpc) is 2.84. The highest BCUT2D eigenvalue weighted by atomic mass is 32.2. The number of imidazole rings is 1. The zero-order valence-electron chi connectivity index (χ0n) is 10.4. The van der Waals surface area contributed by atoms with Crippen LogP contribution in [0, 0.1) is 20.8 Å². The predicted molar refractivity (Wildman–Crippen MR) is 68.7 cm³/mol. The van der Waals surface area contributed by atoms with Gasteiger partial charge in [0, 0.05) is 11.8 Å². The Balaban J connectivity index is 1.85. The van der Waals surface area contributed by atoms with E-state index in [2.05, 4.69) is 20.4 Å². The van der Waals surface area contributed by atoms with Crippen molar-refractivity contribution < 1.29 is 9.32 Å². The quantitative estimate of drug-likeness (QED) is 0.827. The first-order valence-corrected chi connectivity index (χ1v) is 6.42. The van der Waals surface area contributed by atoms with Crippen LogP contribution in [0.1, 0.15) is 17.1 Å². The third-order valence-electron chi connectivity index (χ3n) is 2.34. The highest BCUT2D eigenvalue weighted by molar-refractivity contribution is 7.99. The summed E-state index contributed by atoms with van der Waals surface area (Å²) in [5, 5.41) is 7.08. The Morgan fingerprint density at radius 1 is 1.50 bits per heavy atom. The van der Waals surface area contributed by atoms with E-state index in [1.165, 1.54) is 11.8 Å². The molecule has 0 aliphatic rings. The van der Waals surface area contributed by atoms with E-state index < -0.39 is 0 Å². The second kappa shape index (κ2) is 5.26. The van der Waals surface area contributed by atoms with Gasteiger partial charge in [0.2, 0.25) is 5.91 Å². The van der Waals surface area contributed by atoms with Crippen molar-refractivity contribution in [3.63, 3.8) is 0 Å². The summed E-state index contributed by atoms with van der Waals surface area (Å²) in [6.45, 7) is 5.64. The Labute approximate surface area is 109 Å². The van der Waals surface area contributed by atoms with E-state index in [-0.39, 0.29) is 11.7 Å². The van der Waals surface area contributed by atoms with Gasteiger partial charge in [0.15, 0.2) is 11.0 Å². The third-order valence-corrected chi connectivity index (χ3v) is 3.22. The topological polar surface area (TPSA) is 83.8 Å². The van der Waals surface area contributed by atoms with Gasteiger partial charge in [0.25, 0.3) is 0 Å². The minimum atomic E-state index is -0.139. The van der Waals surface area contributed by atoms with Crippen molar-refractivity contribution >= 4 is 23.5 Å². The Bertz CT molecular complexity index is 542. The predicted octanol–water partition coefficient (Wildman–Crippen LogP) is 2.05. The van der Waals surface area contributed by atoms with Crippen LogP contribution in [-0.4, -0.2) is 26.8 Å². The summed E-state index contributed by atoms with van der Waals surface area (Å²) in [6, 6.07) is 1.67. The number of hydrogen-bond acceptors (Lipinski definition) is 5. The number of aromatic nitrogens is 3. The van der Waals surface area contributed by atoms with Crippen LogP contribution in [0.5, 0.6) is 0 Å². The van der Waals surface area contributed by atoms with Gasteiger partial charge < -0.3 is 14.8 Å². The van der Waals surface area contributed by atoms with Crippen LogP contribution in [-0.2, 0) is 4.79 Å². The molecule has 18 heavy (non-hydrogen) atoms. The summed E-state index contributed by atoms with van der Waals surface area (Å²) in [5.74, 6) is 1.23. The summed E-state index contributed by atoms with van der Waals surface area (Å²) in [7, 11) is 0. The molecule has 0 unspecified atom stereocenters. The first-order valence-electron chi connectivity index (χ1n) is 5.44. The molecule has 2 aromatic heterocycles. The van der Waals surface area contributed by atoms with Gasteiger partial charge in [-0.25, -0.2) is 4.98 Å². The van der Waals surface area contributed by atoms with Crippen molar-refractivity contribution in [1.82, 2.24) is 15.1 Å². The van der Waals surface area contributed by atoms with Crippen LogP contribution in [0.3, 0.4) is 0 Å². The molecule has 2 N–H and O–H groups in total. The number of amides is 1. The standard InChI is InChI=1S/C11H14N4O2S/c1-6-4-9(15-17-6)14-10(16)5-18-11-12-7(2)8(3)13-11/h4H,5H2,1-3H3,(H,12,13)(H,14,15,16). The maximum Gasteiger partial charge on any atom is 0.236 e. The highest BCUT2D eigenvalue weighted by Gasteiger charge is 2.09. The lowest BCUT2D eigenvalue weighted by molar-refractivity contribution is -0.113. The lowest BCUT2D eigenvalue weighted by Crippen LogP contribution is -2.14. The number of carbonyl (C=O) groups is 1. The number of anilines is 1. The second-order valence-electron chi connectivity index (χ2n) is 3.91. The van der Waals surface area contributed by atoms with Gasteiger partial charge in [-0.3, -0.25) is 4.79 Å². The molecule has 0 saturated heterocycles. The van der Waals surface area contributed by atoms with Crippen LogP contribution >= 0.6 is 11.8 Å². The van der Waals surface area contributed by atoms with Crippen LogP contribution in [0.2, 0.25) is 0 Å². The van der Waals surface area contributed by atoms with Gasteiger partial charge in [0.1, 0.15) is 5.76 Å². The normalized spacial score (nSPS) is 10.6. The number of hydrogen-bond donors (Lipinski definition) is 2. The fraction of sp³-hybridized carbons (Fsp3) is 0.364. The molecule has 0 radical (unpaired) electrons. The minimum Gasteiger partial charge on any atom is -0.360 e. The maximum atomic E-state index is 11.6. The average molecular weight is 266 g/mol. The first-order chi connectivity index (χ1) is 8.54. The van der Waals surface area contributed by atoms with Crippen molar-refractivity contribution in [2.45, 2.75) is 25.9 Å². The van der Waals surface area contributed by atoms with E-state index in [4.69, 9.17) is 4.52 Å². The minimum absolute atomic E-state index is 0.139. The summed E-state index contributed by atoms with van der Waals surface area (Å²) in [5.41, 5.74) is 1.97. The molecule has 6 nitrogen and oxygen atoms in total. The van der Waals surface area contributed by atoms with Crippen LogP contribution < -0.4 is 5.32 Å². The molecule has 0 fully saturated rings. The van der Waals surface area contributed by atoms with Crippen LogP contribution in [0.4, 0.5) is 5.82 Å². The van der Waals surface area contributed by atoms with Crippen molar-refractivity contribution in [3.05, 3.63) is 23.2 Å². The molecule has 0 aliphatic heterocycles. The summed E-state index contributed by atoms with van der Waals surface area (Å²) >= 11 is 1.35.